The lowest BCUT2D eigenvalue weighted by atomic mass is 10.5. The molecule has 11 heavy (non-hydrogen) atoms. The summed E-state index contributed by atoms with van der Waals surface area (Å²) in [5.41, 5.74) is 0. The van der Waals surface area contributed by atoms with E-state index in [9.17, 15) is 8.42 Å². The van der Waals surface area contributed by atoms with E-state index >= 15 is 0 Å². The molecular weight excluding hydrogens is 186 g/mol. The number of hydrogen-bond donors (Lipinski definition) is 1. The Hall–Kier alpha value is -0.590. The van der Waals surface area contributed by atoms with Crippen LogP contribution >= 0.6 is 10.8 Å². The molecular formula is C5H5NO3S2. The second-order valence-electron chi connectivity index (χ2n) is 1.68. The second-order valence-corrected chi connectivity index (χ2v) is 4.88. The standard InChI is InChI=1S/C5H5NO3S2/c7-11(8,9)10-5-3-1-2-4-6-5/h1-4H,(H,7,8,9). The fourth-order valence-electron chi connectivity index (χ4n) is 0.504. The average Bonchev–Trinajstić information content (AvgIpc) is 1.85. The quantitative estimate of drug-likeness (QED) is 0.557. The zero-order chi connectivity index (χ0) is 8.32. The number of nitrogens with zero attached hydrogens (tertiary/aromatic N) is 1. The molecule has 0 aliphatic heterocycles. The molecule has 0 unspecified atom stereocenters. The summed E-state index contributed by atoms with van der Waals surface area (Å²) in [6.45, 7) is 0. The van der Waals surface area contributed by atoms with Crippen molar-refractivity contribution < 1.29 is 13.0 Å². The Labute approximate surface area is 67.8 Å². The molecule has 0 spiro atoms. The van der Waals surface area contributed by atoms with Gasteiger partial charge in [0.1, 0.15) is 5.03 Å². The Morgan fingerprint density at radius 2 is 2.18 bits per heavy atom. The highest BCUT2D eigenvalue weighted by Crippen LogP contribution is 2.19. The fraction of sp³-hybridized carbons (Fsp3) is 0. The van der Waals surface area contributed by atoms with Crippen LogP contribution in [0.1, 0.15) is 0 Å². The van der Waals surface area contributed by atoms with E-state index in [0.29, 0.717) is 10.8 Å². The molecule has 0 amide bonds. The molecule has 0 saturated heterocycles. The van der Waals surface area contributed by atoms with Crippen LogP contribution in [-0.4, -0.2) is 18.0 Å². The molecule has 0 aromatic carbocycles. The van der Waals surface area contributed by atoms with E-state index in [0.717, 1.165) is 0 Å². The van der Waals surface area contributed by atoms with Crippen molar-refractivity contribution in [1.82, 2.24) is 4.98 Å². The van der Waals surface area contributed by atoms with Crippen molar-refractivity contribution in [3.63, 3.8) is 0 Å². The van der Waals surface area contributed by atoms with Gasteiger partial charge >= 0.3 is 9.15 Å². The predicted molar refractivity (Wildman–Crippen MR) is 41.6 cm³/mol. The van der Waals surface area contributed by atoms with Crippen molar-refractivity contribution in [1.29, 1.82) is 0 Å². The van der Waals surface area contributed by atoms with Crippen LogP contribution in [0.5, 0.6) is 0 Å². The van der Waals surface area contributed by atoms with Gasteiger partial charge in [-0.2, -0.15) is 8.42 Å². The van der Waals surface area contributed by atoms with Gasteiger partial charge in [-0.1, -0.05) is 6.07 Å². The van der Waals surface area contributed by atoms with Gasteiger partial charge in [-0.05, 0) is 12.1 Å². The van der Waals surface area contributed by atoms with Gasteiger partial charge in [-0.15, -0.1) is 0 Å². The predicted octanol–water partition coefficient (Wildman–Crippen LogP) is 0.977. The highest BCUT2D eigenvalue weighted by Gasteiger charge is 2.07. The molecule has 0 atom stereocenters. The van der Waals surface area contributed by atoms with Crippen LogP contribution in [0.4, 0.5) is 0 Å². The summed E-state index contributed by atoms with van der Waals surface area (Å²) in [5, 5.41) is 0.259. The summed E-state index contributed by atoms with van der Waals surface area (Å²) in [6, 6.07) is 4.80. The third-order valence-electron chi connectivity index (χ3n) is 0.828. The molecule has 0 aliphatic carbocycles. The van der Waals surface area contributed by atoms with Gasteiger partial charge in [-0.3, -0.25) is 4.55 Å². The van der Waals surface area contributed by atoms with Crippen molar-refractivity contribution in [2.24, 2.45) is 0 Å². The summed E-state index contributed by atoms with van der Waals surface area (Å²) in [7, 11) is -3.71. The Bertz CT molecular complexity index is 321. The van der Waals surface area contributed by atoms with Gasteiger partial charge in [0, 0.05) is 6.20 Å². The first-order chi connectivity index (χ1) is 5.08. The molecule has 1 aromatic rings. The van der Waals surface area contributed by atoms with Gasteiger partial charge in [0.25, 0.3) is 0 Å². The molecule has 0 radical (unpaired) electrons. The maximum atomic E-state index is 10.3. The van der Waals surface area contributed by atoms with Crippen LogP contribution in [0.15, 0.2) is 29.4 Å². The maximum absolute atomic E-state index is 10.3. The third kappa shape index (κ3) is 3.35. The third-order valence-corrected chi connectivity index (χ3v) is 2.60. The highest BCUT2D eigenvalue weighted by atomic mass is 33.1. The zero-order valence-corrected chi connectivity index (χ0v) is 6.97. The molecule has 1 rings (SSSR count). The van der Waals surface area contributed by atoms with Gasteiger partial charge in [0.05, 0.1) is 10.8 Å². The minimum atomic E-state index is -4.02. The first-order valence-corrected chi connectivity index (χ1v) is 5.43. The van der Waals surface area contributed by atoms with Crippen molar-refractivity contribution in [2.45, 2.75) is 5.03 Å². The first-order valence-electron chi connectivity index (χ1n) is 2.66. The van der Waals surface area contributed by atoms with E-state index in [1.807, 2.05) is 0 Å². The van der Waals surface area contributed by atoms with Gasteiger partial charge in [0.2, 0.25) is 0 Å². The first kappa shape index (κ1) is 8.51. The molecule has 1 aromatic heterocycles. The van der Waals surface area contributed by atoms with Crippen LogP contribution in [0.3, 0.4) is 0 Å². The fourth-order valence-corrected chi connectivity index (χ4v) is 1.90. The van der Waals surface area contributed by atoms with Gasteiger partial charge in [-0.25, -0.2) is 4.98 Å². The molecule has 0 saturated carbocycles. The normalized spacial score (nSPS) is 11.4. The second kappa shape index (κ2) is 3.21. The van der Waals surface area contributed by atoms with Crippen LogP contribution in [0.25, 0.3) is 0 Å². The largest absolute Gasteiger partial charge is 0.325 e. The number of aromatic nitrogens is 1. The van der Waals surface area contributed by atoms with E-state index in [2.05, 4.69) is 4.98 Å². The van der Waals surface area contributed by atoms with E-state index < -0.39 is 9.15 Å². The monoisotopic (exact) mass is 191 g/mol. The van der Waals surface area contributed by atoms with E-state index in [-0.39, 0.29) is 5.03 Å². The topological polar surface area (TPSA) is 67.3 Å². The average molecular weight is 191 g/mol. The SMILES string of the molecule is O=S(=O)(O)Sc1ccccn1. The minimum Gasteiger partial charge on any atom is -0.277 e. The Morgan fingerprint density at radius 1 is 1.45 bits per heavy atom. The zero-order valence-electron chi connectivity index (χ0n) is 5.34. The molecule has 0 aliphatic rings. The van der Waals surface area contributed by atoms with Gasteiger partial charge in [0.15, 0.2) is 0 Å². The summed E-state index contributed by atoms with van der Waals surface area (Å²) in [4.78, 5) is 3.69. The molecule has 1 heterocycles. The van der Waals surface area contributed by atoms with E-state index in [1.54, 1.807) is 12.1 Å². The van der Waals surface area contributed by atoms with Crippen LogP contribution < -0.4 is 0 Å². The maximum Gasteiger partial charge on any atom is 0.325 e. The van der Waals surface area contributed by atoms with Crippen LogP contribution in [0, 0.1) is 0 Å². The van der Waals surface area contributed by atoms with E-state index in [4.69, 9.17) is 4.55 Å². The van der Waals surface area contributed by atoms with Crippen molar-refractivity contribution >= 4 is 19.9 Å². The summed E-state index contributed by atoms with van der Waals surface area (Å²) >= 11 is 0. The molecule has 4 nitrogen and oxygen atoms in total. The molecule has 6 heteroatoms. The lowest BCUT2D eigenvalue weighted by Crippen LogP contribution is -1.89. The molecule has 0 fully saturated rings. The highest BCUT2D eigenvalue weighted by molar-refractivity contribution is 8.69. The van der Waals surface area contributed by atoms with Crippen LogP contribution in [0.2, 0.25) is 0 Å². The Morgan fingerprint density at radius 3 is 2.64 bits per heavy atom. The molecule has 0 bridgehead atoms. The Kier molecular flexibility index (Phi) is 2.48. The number of pyridine rings is 1. The lowest BCUT2D eigenvalue weighted by Gasteiger charge is -1.93. The van der Waals surface area contributed by atoms with E-state index in [1.165, 1.54) is 12.3 Å². The van der Waals surface area contributed by atoms with Crippen LogP contribution in [-0.2, 0) is 9.15 Å². The number of rotatable bonds is 2. The smallest absolute Gasteiger partial charge is 0.277 e. The van der Waals surface area contributed by atoms with Gasteiger partial charge < -0.3 is 0 Å². The lowest BCUT2D eigenvalue weighted by molar-refractivity contribution is 0.503. The van der Waals surface area contributed by atoms with Crippen molar-refractivity contribution in [2.75, 3.05) is 0 Å². The molecule has 60 valence electrons. The molecule has 1 N–H and O–H groups in total. The Balaban J connectivity index is 2.82. The summed E-state index contributed by atoms with van der Waals surface area (Å²) in [6.07, 6.45) is 1.45. The summed E-state index contributed by atoms with van der Waals surface area (Å²) < 4.78 is 28.9. The summed E-state index contributed by atoms with van der Waals surface area (Å²) in [5.74, 6) is 0. The minimum absolute atomic E-state index is 0.259. The van der Waals surface area contributed by atoms with Crippen molar-refractivity contribution in [3.8, 4) is 0 Å². The van der Waals surface area contributed by atoms with Crippen molar-refractivity contribution in [3.05, 3.63) is 24.4 Å². The number of hydrogen-bond acceptors (Lipinski definition) is 4.